The number of nitrogens with one attached hydrogen (secondary N) is 2. The number of para-hydroxylation sites is 1. The van der Waals surface area contributed by atoms with Crippen LogP contribution in [0.4, 0.5) is 0 Å². The van der Waals surface area contributed by atoms with Gasteiger partial charge in [0.25, 0.3) is 5.91 Å². The van der Waals surface area contributed by atoms with Gasteiger partial charge in [-0.05, 0) is 75.7 Å². The molecule has 2 aromatic carbocycles. The molecule has 1 saturated heterocycles. The lowest BCUT2D eigenvalue weighted by Gasteiger charge is -2.13. The molecule has 8 nitrogen and oxygen atoms in total. The average molecular weight is 495 g/mol. The van der Waals surface area contributed by atoms with Gasteiger partial charge in [-0.25, -0.2) is 0 Å². The minimum atomic E-state index is -0.288. The van der Waals surface area contributed by atoms with Crippen molar-refractivity contribution in [3.05, 3.63) is 84.6 Å². The third-order valence-corrected chi connectivity index (χ3v) is 6.24. The van der Waals surface area contributed by atoms with Crippen molar-refractivity contribution in [3.63, 3.8) is 0 Å². The van der Waals surface area contributed by atoms with Gasteiger partial charge in [0, 0.05) is 41.3 Å². The molecular formula is C29H30N6O2. The number of benzene rings is 2. The van der Waals surface area contributed by atoms with Crippen molar-refractivity contribution in [1.82, 2.24) is 25.4 Å². The largest absolute Gasteiger partial charge is 0.456 e. The Labute approximate surface area is 216 Å². The van der Waals surface area contributed by atoms with Crippen LogP contribution in [-0.4, -0.2) is 51.3 Å². The number of carbonyl (C=O) groups is 1. The number of hydrogen-bond donors (Lipinski definition) is 2. The number of ether oxygens (including phenoxy) is 1. The number of likely N-dealkylation sites (tertiary alicyclic amines) is 1. The SMILES string of the molecule is CC(CN1CCCC1)=N/C=C(\C)NC(=O)c1n[nH]c2ccc(-c3cncc(Oc4ccccc4)c3)cc12. The Kier molecular flexibility index (Phi) is 7.37. The highest BCUT2D eigenvalue weighted by Gasteiger charge is 2.16. The first-order valence-electron chi connectivity index (χ1n) is 12.5. The van der Waals surface area contributed by atoms with Gasteiger partial charge in [-0.15, -0.1) is 0 Å². The van der Waals surface area contributed by atoms with Crippen molar-refractivity contribution >= 4 is 22.5 Å². The molecule has 0 bridgehead atoms. The van der Waals surface area contributed by atoms with Crippen LogP contribution in [-0.2, 0) is 0 Å². The minimum Gasteiger partial charge on any atom is -0.456 e. The number of H-pyrrole nitrogens is 1. The molecule has 8 heteroatoms. The van der Waals surface area contributed by atoms with Gasteiger partial charge in [0.2, 0.25) is 0 Å². The first kappa shape index (κ1) is 24.4. The number of rotatable bonds is 8. The van der Waals surface area contributed by atoms with Crippen LogP contribution in [0, 0.1) is 0 Å². The van der Waals surface area contributed by atoms with Crippen LogP contribution in [0.1, 0.15) is 37.2 Å². The van der Waals surface area contributed by atoms with Crippen LogP contribution in [0.15, 0.2) is 83.9 Å². The van der Waals surface area contributed by atoms with Crippen LogP contribution in [0.25, 0.3) is 22.0 Å². The summed E-state index contributed by atoms with van der Waals surface area (Å²) in [6.07, 6.45) is 7.65. The van der Waals surface area contributed by atoms with E-state index in [-0.39, 0.29) is 5.91 Å². The molecular weight excluding hydrogens is 464 g/mol. The van der Waals surface area contributed by atoms with Gasteiger partial charge in [-0.1, -0.05) is 24.3 Å². The van der Waals surface area contributed by atoms with Crippen LogP contribution in [0.5, 0.6) is 11.5 Å². The molecule has 1 fully saturated rings. The van der Waals surface area contributed by atoms with Crippen molar-refractivity contribution in [1.29, 1.82) is 0 Å². The van der Waals surface area contributed by atoms with Crippen LogP contribution in [0.3, 0.4) is 0 Å². The molecule has 37 heavy (non-hydrogen) atoms. The Morgan fingerprint density at radius 1 is 1.05 bits per heavy atom. The number of fused-ring (bicyclic) bond motifs is 1. The summed E-state index contributed by atoms with van der Waals surface area (Å²) >= 11 is 0. The molecule has 2 N–H and O–H groups in total. The van der Waals surface area contributed by atoms with E-state index >= 15 is 0 Å². The number of pyridine rings is 1. The lowest BCUT2D eigenvalue weighted by atomic mass is 10.0. The molecule has 0 saturated carbocycles. The smallest absolute Gasteiger partial charge is 0.276 e. The number of aromatic nitrogens is 3. The molecule has 0 spiro atoms. The van der Waals surface area contributed by atoms with Gasteiger partial charge in [0.15, 0.2) is 5.69 Å². The van der Waals surface area contributed by atoms with Crippen molar-refractivity contribution < 1.29 is 9.53 Å². The highest BCUT2D eigenvalue weighted by Crippen LogP contribution is 2.29. The maximum atomic E-state index is 13.0. The summed E-state index contributed by atoms with van der Waals surface area (Å²) in [7, 11) is 0. The first-order chi connectivity index (χ1) is 18.0. The summed E-state index contributed by atoms with van der Waals surface area (Å²) in [5.74, 6) is 1.09. The zero-order valence-corrected chi connectivity index (χ0v) is 21.1. The number of allylic oxidation sites excluding steroid dienone is 1. The second-order valence-electron chi connectivity index (χ2n) is 9.27. The Morgan fingerprint density at radius 3 is 2.68 bits per heavy atom. The fourth-order valence-electron chi connectivity index (χ4n) is 4.41. The van der Waals surface area contributed by atoms with Gasteiger partial charge in [0.05, 0.1) is 11.7 Å². The predicted molar refractivity (Wildman–Crippen MR) is 146 cm³/mol. The number of carbonyl (C=O) groups excluding carboxylic acids is 1. The van der Waals surface area contributed by atoms with Crippen molar-refractivity contribution in [2.45, 2.75) is 26.7 Å². The van der Waals surface area contributed by atoms with E-state index in [0.29, 0.717) is 17.1 Å². The van der Waals surface area contributed by atoms with Gasteiger partial charge in [-0.3, -0.25) is 24.8 Å². The number of nitrogens with zero attached hydrogens (tertiary/aromatic N) is 4. The minimum absolute atomic E-state index is 0.288. The molecule has 1 aliphatic heterocycles. The molecule has 0 aliphatic carbocycles. The summed E-state index contributed by atoms with van der Waals surface area (Å²) < 4.78 is 5.93. The molecule has 5 rings (SSSR count). The van der Waals surface area contributed by atoms with E-state index in [1.54, 1.807) is 18.6 Å². The quantitative estimate of drug-likeness (QED) is 0.313. The number of aromatic amines is 1. The number of amides is 1. The standard InChI is InChI=1S/C29H30N6O2/c1-20(16-31-21(2)19-35-12-6-7-13-35)32-29(36)28-26-15-22(10-11-27(26)33-34-28)23-14-25(18-30-17-23)37-24-8-4-3-5-9-24/h3-5,8-11,14-18H,6-7,12-13,19H2,1-2H3,(H,32,36)(H,33,34)/b20-16+,31-21?. The normalized spacial score (nSPS) is 14.8. The molecule has 0 atom stereocenters. The summed E-state index contributed by atoms with van der Waals surface area (Å²) in [5.41, 5.74) is 4.57. The first-order valence-corrected chi connectivity index (χ1v) is 12.5. The highest BCUT2D eigenvalue weighted by atomic mass is 16.5. The van der Waals surface area contributed by atoms with E-state index in [9.17, 15) is 4.79 Å². The Bertz CT molecular complexity index is 1450. The zero-order chi connectivity index (χ0) is 25.6. The van der Waals surface area contributed by atoms with Gasteiger partial charge in [-0.2, -0.15) is 5.10 Å². The Morgan fingerprint density at radius 2 is 1.86 bits per heavy atom. The molecule has 1 amide bonds. The zero-order valence-electron chi connectivity index (χ0n) is 21.1. The number of aliphatic imine (C=N–C) groups is 1. The van der Waals surface area contributed by atoms with E-state index in [1.807, 2.05) is 68.4 Å². The van der Waals surface area contributed by atoms with Gasteiger partial charge >= 0.3 is 0 Å². The average Bonchev–Trinajstić information content (AvgIpc) is 3.58. The monoisotopic (exact) mass is 494 g/mol. The van der Waals surface area contributed by atoms with E-state index in [0.717, 1.165) is 53.1 Å². The van der Waals surface area contributed by atoms with Crippen LogP contribution >= 0.6 is 0 Å². The predicted octanol–water partition coefficient (Wildman–Crippen LogP) is 5.57. The molecule has 188 valence electrons. The van der Waals surface area contributed by atoms with Crippen LogP contribution < -0.4 is 10.1 Å². The van der Waals surface area contributed by atoms with E-state index < -0.39 is 0 Å². The van der Waals surface area contributed by atoms with E-state index in [1.165, 1.54) is 12.8 Å². The summed E-state index contributed by atoms with van der Waals surface area (Å²) in [6, 6.07) is 17.3. The maximum absolute atomic E-state index is 13.0. The topological polar surface area (TPSA) is 95.5 Å². The Balaban J connectivity index is 1.31. The van der Waals surface area contributed by atoms with Crippen LogP contribution in [0.2, 0.25) is 0 Å². The fourth-order valence-corrected chi connectivity index (χ4v) is 4.41. The molecule has 2 aromatic heterocycles. The molecule has 1 aliphatic rings. The summed E-state index contributed by atoms with van der Waals surface area (Å²) in [5, 5.41) is 10.9. The molecule has 3 heterocycles. The lowest BCUT2D eigenvalue weighted by molar-refractivity contribution is 0.0962. The van der Waals surface area contributed by atoms with E-state index in [2.05, 4.69) is 30.4 Å². The lowest BCUT2D eigenvalue weighted by Crippen LogP contribution is -2.25. The Hall–Kier alpha value is -4.30. The maximum Gasteiger partial charge on any atom is 0.276 e. The van der Waals surface area contributed by atoms with Crippen molar-refractivity contribution in [2.75, 3.05) is 19.6 Å². The molecule has 4 aromatic rings. The molecule has 0 radical (unpaired) electrons. The highest BCUT2D eigenvalue weighted by molar-refractivity contribution is 6.06. The fraction of sp³-hybridized carbons (Fsp3) is 0.241. The second kappa shape index (κ2) is 11.2. The third kappa shape index (κ3) is 6.10. The molecule has 0 unspecified atom stereocenters. The van der Waals surface area contributed by atoms with Gasteiger partial charge < -0.3 is 10.1 Å². The van der Waals surface area contributed by atoms with Crippen molar-refractivity contribution in [3.8, 4) is 22.6 Å². The van der Waals surface area contributed by atoms with Gasteiger partial charge in [0.1, 0.15) is 11.5 Å². The number of hydrogen-bond acceptors (Lipinski definition) is 6. The van der Waals surface area contributed by atoms with E-state index in [4.69, 9.17) is 4.74 Å². The van der Waals surface area contributed by atoms with Crippen molar-refractivity contribution in [2.24, 2.45) is 4.99 Å². The summed E-state index contributed by atoms with van der Waals surface area (Å²) in [6.45, 7) is 6.95. The summed E-state index contributed by atoms with van der Waals surface area (Å²) in [4.78, 5) is 24.3. The second-order valence-corrected chi connectivity index (χ2v) is 9.27. The third-order valence-electron chi connectivity index (χ3n) is 6.24.